The van der Waals surface area contributed by atoms with E-state index in [0.29, 0.717) is 24.5 Å². The number of likely N-dealkylation sites (tertiary alicyclic amines) is 1. The van der Waals surface area contributed by atoms with Gasteiger partial charge in [0.1, 0.15) is 18.0 Å². The summed E-state index contributed by atoms with van der Waals surface area (Å²) < 4.78 is 10.0. The quantitative estimate of drug-likeness (QED) is 0.499. The van der Waals surface area contributed by atoms with Crippen LogP contribution < -0.4 is 10.1 Å². The van der Waals surface area contributed by atoms with Crippen LogP contribution in [0.4, 0.5) is 0 Å². The van der Waals surface area contributed by atoms with Crippen LogP contribution in [0.1, 0.15) is 44.0 Å². The van der Waals surface area contributed by atoms with Gasteiger partial charge in [0.25, 0.3) is 11.8 Å². The molecule has 30 heavy (non-hydrogen) atoms. The molecule has 1 aliphatic heterocycles. The number of aromatic nitrogens is 1. The normalized spacial score (nSPS) is 13.0. The zero-order valence-electron chi connectivity index (χ0n) is 16.6. The third-order valence-electron chi connectivity index (χ3n) is 4.74. The fourth-order valence-electron chi connectivity index (χ4n) is 3.13. The maximum absolute atomic E-state index is 12.3. The molecule has 9 nitrogen and oxygen atoms in total. The van der Waals surface area contributed by atoms with E-state index in [-0.39, 0.29) is 17.0 Å². The first kappa shape index (κ1) is 21.1. The van der Waals surface area contributed by atoms with Crippen LogP contribution in [0.5, 0.6) is 5.75 Å². The van der Waals surface area contributed by atoms with Crippen LogP contribution in [0, 0.1) is 0 Å². The smallest absolute Gasteiger partial charge is 0.325 e. The van der Waals surface area contributed by atoms with Crippen molar-refractivity contribution in [3.63, 3.8) is 0 Å². The number of hydrogen-bond acceptors (Lipinski definition) is 6. The number of ether oxygens (including phenoxy) is 2. The number of Topliss-reactive ketones (excluding diaryl/α,β-unsaturated/α-hetero) is 1. The van der Waals surface area contributed by atoms with Gasteiger partial charge in [-0.15, -0.1) is 0 Å². The second-order valence-corrected chi connectivity index (χ2v) is 6.77. The maximum atomic E-state index is 12.3. The Balaban J connectivity index is 1.46. The number of nitrogens with zero attached hydrogens (tertiary/aromatic N) is 1. The predicted octanol–water partition coefficient (Wildman–Crippen LogP) is 1.42. The highest BCUT2D eigenvalue weighted by Gasteiger charge is 2.22. The van der Waals surface area contributed by atoms with E-state index in [4.69, 9.17) is 9.47 Å². The van der Waals surface area contributed by atoms with Crippen LogP contribution in [0.15, 0.2) is 36.5 Å². The minimum atomic E-state index is -0.754. The van der Waals surface area contributed by atoms with Crippen LogP contribution in [0.3, 0.4) is 0 Å². The fraction of sp³-hybridized carbons (Fsp3) is 0.333. The standard InChI is InChI=1S/C21H23N3O6/c1-29-18-7-3-2-6-15(18)20(27)23-12-19(26)30-13-17(25)14-10-16(22-11-14)21(28)24-8-4-5-9-24/h2-3,6-7,10-11,22H,4-5,8-9,12-13H2,1H3,(H,23,27). The van der Waals surface area contributed by atoms with Gasteiger partial charge >= 0.3 is 5.97 Å². The molecular weight excluding hydrogens is 390 g/mol. The van der Waals surface area contributed by atoms with Gasteiger partial charge in [-0.1, -0.05) is 12.1 Å². The Hall–Kier alpha value is -3.62. The van der Waals surface area contributed by atoms with Crippen molar-refractivity contribution >= 4 is 23.6 Å². The van der Waals surface area contributed by atoms with Crippen molar-refractivity contribution in [1.29, 1.82) is 0 Å². The highest BCUT2D eigenvalue weighted by Crippen LogP contribution is 2.17. The number of H-pyrrole nitrogens is 1. The first-order valence-electron chi connectivity index (χ1n) is 9.57. The highest BCUT2D eigenvalue weighted by molar-refractivity contribution is 6.02. The number of aromatic amines is 1. The third-order valence-corrected chi connectivity index (χ3v) is 4.74. The molecule has 158 valence electrons. The second kappa shape index (κ2) is 9.73. The van der Waals surface area contributed by atoms with E-state index in [0.717, 1.165) is 12.8 Å². The number of amides is 2. The topological polar surface area (TPSA) is 118 Å². The van der Waals surface area contributed by atoms with Gasteiger partial charge in [0.2, 0.25) is 5.78 Å². The third kappa shape index (κ3) is 5.05. The molecule has 9 heteroatoms. The molecular formula is C21H23N3O6. The van der Waals surface area contributed by atoms with Gasteiger partial charge < -0.3 is 24.7 Å². The fourth-order valence-corrected chi connectivity index (χ4v) is 3.13. The number of hydrogen-bond donors (Lipinski definition) is 2. The Kier molecular flexibility index (Phi) is 6.84. The van der Waals surface area contributed by atoms with Crippen LogP contribution in [-0.2, 0) is 9.53 Å². The zero-order chi connectivity index (χ0) is 21.5. The van der Waals surface area contributed by atoms with Crippen LogP contribution in [0.2, 0.25) is 0 Å². The second-order valence-electron chi connectivity index (χ2n) is 6.77. The van der Waals surface area contributed by atoms with Crippen LogP contribution >= 0.6 is 0 Å². The molecule has 0 spiro atoms. The van der Waals surface area contributed by atoms with Crippen molar-refractivity contribution in [3.8, 4) is 5.75 Å². The summed E-state index contributed by atoms with van der Waals surface area (Å²) in [6.07, 6.45) is 3.37. The largest absolute Gasteiger partial charge is 0.496 e. The lowest BCUT2D eigenvalue weighted by molar-refractivity contribution is -0.141. The summed E-state index contributed by atoms with van der Waals surface area (Å²) >= 11 is 0. The molecule has 0 saturated carbocycles. The molecule has 2 heterocycles. The number of esters is 1. The van der Waals surface area contributed by atoms with E-state index in [1.54, 1.807) is 29.2 Å². The number of methoxy groups -OCH3 is 1. The van der Waals surface area contributed by atoms with E-state index in [2.05, 4.69) is 10.3 Å². The molecule has 2 amide bonds. The van der Waals surface area contributed by atoms with Gasteiger partial charge in [0.05, 0.1) is 12.7 Å². The summed E-state index contributed by atoms with van der Waals surface area (Å²) in [4.78, 5) is 53.1. The predicted molar refractivity (Wildman–Crippen MR) is 107 cm³/mol. The Labute approximate surface area is 173 Å². The van der Waals surface area contributed by atoms with Crippen molar-refractivity contribution in [1.82, 2.24) is 15.2 Å². The first-order chi connectivity index (χ1) is 14.5. The molecule has 0 aliphatic carbocycles. The SMILES string of the molecule is COc1ccccc1C(=O)NCC(=O)OCC(=O)c1c[nH]c(C(=O)N2CCCC2)c1. The molecule has 0 atom stereocenters. The molecule has 1 aromatic heterocycles. The summed E-state index contributed by atoms with van der Waals surface area (Å²) in [5.74, 6) is -1.47. The number of benzene rings is 1. The molecule has 1 aromatic carbocycles. The Morgan fingerprint density at radius 1 is 1.13 bits per heavy atom. The van der Waals surface area contributed by atoms with Gasteiger partial charge in [0.15, 0.2) is 6.61 Å². The minimum absolute atomic E-state index is 0.150. The molecule has 2 N–H and O–H groups in total. The van der Waals surface area contributed by atoms with E-state index in [1.165, 1.54) is 19.4 Å². The van der Waals surface area contributed by atoms with Crippen LogP contribution in [0.25, 0.3) is 0 Å². The molecule has 1 saturated heterocycles. The van der Waals surface area contributed by atoms with E-state index < -0.39 is 30.8 Å². The van der Waals surface area contributed by atoms with Gasteiger partial charge in [-0.3, -0.25) is 19.2 Å². The zero-order valence-corrected chi connectivity index (χ0v) is 16.6. The number of rotatable bonds is 8. The lowest BCUT2D eigenvalue weighted by Gasteiger charge is -2.13. The van der Waals surface area contributed by atoms with Gasteiger partial charge in [-0.2, -0.15) is 0 Å². The highest BCUT2D eigenvalue weighted by atomic mass is 16.5. The molecule has 0 unspecified atom stereocenters. The van der Waals surface area contributed by atoms with Crippen molar-refractivity contribution in [2.24, 2.45) is 0 Å². The molecule has 2 aromatic rings. The average Bonchev–Trinajstić information content (AvgIpc) is 3.47. The van der Waals surface area contributed by atoms with Crippen molar-refractivity contribution < 1.29 is 28.7 Å². The summed E-state index contributed by atoms with van der Waals surface area (Å²) in [6.45, 7) is 0.535. The van der Waals surface area contributed by atoms with Crippen molar-refractivity contribution in [2.75, 3.05) is 33.4 Å². The lowest BCUT2D eigenvalue weighted by atomic mass is 10.2. The maximum Gasteiger partial charge on any atom is 0.325 e. The first-order valence-corrected chi connectivity index (χ1v) is 9.57. The molecule has 0 bridgehead atoms. The molecule has 1 fully saturated rings. The van der Waals surface area contributed by atoms with Gasteiger partial charge in [-0.25, -0.2) is 0 Å². The lowest BCUT2D eigenvalue weighted by Crippen LogP contribution is -2.31. The Morgan fingerprint density at radius 3 is 2.60 bits per heavy atom. The Bertz CT molecular complexity index is 946. The van der Waals surface area contributed by atoms with E-state index >= 15 is 0 Å². The van der Waals surface area contributed by atoms with Crippen LogP contribution in [-0.4, -0.2) is 66.8 Å². The minimum Gasteiger partial charge on any atom is -0.496 e. The number of carbonyl (C=O) groups excluding carboxylic acids is 4. The van der Waals surface area contributed by atoms with Gasteiger partial charge in [-0.05, 0) is 31.0 Å². The number of carbonyl (C=O) groups is 4. The summed E-state index contributed by atoms with van der Waals surface area (Å²) in [6, 6.07) is 8.05. The summed E-state index contributed by atoms with van der Waals surface area (Å²) in [5, 5.41) is 2.43. The Morgan fingerprint density at radius 2 is 1.87 bits per heavy atom. The molecule has 3 rings (SSSR count). The summed E-state index contributed by atoms with van der Waals surface area (Å²) in [7, 11) is 1.44. The number of ketones is 1. The van der Waals surface area contributed by atoms with Crippen molar-refractivity contribution in [3.05, 3.63) is 53.3 Å². The number of para-hydroxylation sites is 1. The molecule has 1 aliphatic rings. The molecule has 0 radical (unpaired) electrons. The van der Waals surface area contributed by atoms with E-state index in [9.17, 15) is 19.2 Å². The monoisotopic (exact) mass is 413 g/mol. The summed E-state index contributed by atoms with van der Waals surface area (Å²) in [5.41, 5.74) is 0.866. The number of nitrogens with one attached hydrogen (secondary N) is 2. The van der Waals surface area contributed by atoms with Crippen molar-refractivity contribution in [2.45, 2.75) is 12.8 Å². The average molecular weight is 413 g/mol. The van der Waals surface area contributed by atoms with Gasteiger partial charge in [0, 0.05) is 24.8 Å². The van der Waals surface area contributed by atoms with E-state index in [1.807, 2.05) is 0 Å².